The fourth-order valence-electron chi connectivity index (χ4n) is 3.03. The molecule has 0 saturated carbocycles. The zero-order valence-electron chi connectivity index (χ0n) is 11.8. The lowest BCUT2D eigenvalue weighted by Gasteiger charge is -2.38. The number of carbonyl (C=O) groups excluding carboxylic acids is 1. The first-order valence-corrected chi connectivity index (χ1v) is 7.28. The fraction of sp³-hybridized carbons (Fsp3) is 0.714. The highest BCUT2D eigenvalue weighted by Gasteiger charge is 2.31. The van der Waals surface area contributed by atoms with Crippen molar-refractivity contribution in [3.05, 3.63) is 17.0 Å². The van der Waals surface area contributed by atoms with E-state index in [0.717, 1.165) is 43.6 Å². The lowest BCUT2D eigenvalue weighted by molar-refractivity contribution is 0.0412. The van der Waals surface area contributed by atoms with Gasteiger partial charge in [0.1, 0.15) is 5.76 Å². The van der Waals surface area contributed by atoms with Gasteiger partial charge in [-0.15, -0.1) is 0 Å². The molecule has 1 fully saturated rings. The number of likely N-dealkylation sites (N-methyl/N-ethyl adjacent to an activating group) is 1. The summed E-state index contributed by atoms with van der Waals surface area (Å²) in [5.74, 6) is 0.830. The summed E-state index contributed by atoms with van der Waals surface area (Å²) >= 11 is 0. The van der Waals surface area contributed by atoms with E-state index in [1.54, 1.807) is 4.90 Å². The maximum atomic E-state index is 12.6. The van der Waals surface area contributed by atoms with Gasteiger partial charge in [0.15, 0.2) is 5.69 Å². The smallest absolute Gasteiger partial charge is 0.276 e. The highest BCUT2D eigenvalue weighted by atomic mass is 16.5. The molecule has 20 heavy (non-hydrogen) atoms. The molecule has 1 N–H and O–H groups in total. The molecule has 6 nitrogen and oxygen atoms in total. The molecule has 0 spiro atoms. The van der Waals surface area contributed by atoms with E-state index in [0.29, 0.717) is 18.8 Å². The number of hydrogen-bond acceptors (Lipinski definition) is 5. The van der Waals surface area contributed by atoms with E-state index in [-0.39, 0.29) is 18.6 Å². The average Bonchev–Trinajstić information content (AvgIpc) is 2.91. The third-order valence-corrected chi connectivity index (χ3v) is 4.43. The van der Waals surface area contributed by atoms with Crippen LogP contribution in [0.3, 0.4) is 0 Å². The first-order valence-electron chi connectivity index (χ1n) is 7.28. The lowest BCUT2D eigenvalue weighted by atomic mass is 9.96. The number of fused-ring (bicyclic) bond motifs is 1. The number of rotatable bonds is 2. The Labute approximate surface area is 118 Å². The Hall–Kier alpha value is -1.40. The van der Waals surface area contributed by atoms with Crippen LogP contribution in [0, 0.1) is 0 Å². The van der Waals surface area contributed by atoms with Gasteiger partial charge in [0, 0.05) is 31.6 Å². The van der Waals surface area contributed by atoms with Crippen LogP contribution in [0.4, 0.5) is 0 Å². The van der Waals surface area contributed by atoms with Gasteiger partial charge in [-0.1, -0.05) is 5.16 Å². The highest BCUT2D eigenvalue weighted by Crippen LogP contribution is 2.25. The van der Waals surface area contributed by atoms with Crippen molar-refractivity contribution in [3.63, 3.8) is 0 Å². The van der Waals surface area contributed by atoms with Crippen LogP contribution in [-0.4, -0.2) is 65.3 Å². The number of aromatic nitrogens is 1. The predicted octanol–water partition coefficient (Wildman–Crippen LogP) is 0.302. The Morgan fingerprint density at radius 3 is 3.00 bits per heavy atom. The van der Waals surface area contributed by atoms with Gasteiger partial charge in [-0.2, -0.15) is 0 Å². The number of aryl methyl sites for hydroxylation is 1. The Bertz CT molecular complexity index is 500. The van der Waals surface area contributed by atoms with E-state index < -0.39 is 0 Å². The van der Waals surface area contributed by atoms with Crippen molar-refractivity contribution in [1.82, 2.24) is 15.0 Å². The zero-order chi connectivity index (χ0) is 14.1. The van der Waals surface area contributed by atoms with Crippen molar-refractivity contribution in [2.24, 2.45) is 0 Å². The molecular formula is C14H21N3O3. The first kappa shape index (κ1) is 13.6. The number of nitrogens with zero attached hydrogens (tertiary/aromatic N) is 3. The summed E-state index contributed by atoms with van der Waals surface area (Å²) < 4.78 is 5.32. The van der Waals surface area contributed by atoms with Gasteiger partial charge in [-0.25, -0.2) is 0 Å². The van der Waals surface area contributed by atoms with Crippen LogP contribution in [-0.2, 0) is 12.8 Å². The van der Waals surface area contributed by atoms with Crippen LogP contribution in [0.1, 0.15) is 34.7 Å². The highest BCUT2D eigenvalue weighted by molar-refractivity contribution is 5.94. The molecule has 1 unspecified atom stereocenters. The van der Waals surface area contributed by atoms with E-state index in [1.165, 1.54) is 0 Å². The third kappa shape index (κ3) is 2.33. The number of hydrogen-bond donors (Lipinski definition) is 1. The zero-order valence-corrected chi connectivity index (χ0v) is 11.8. The summed E-state index contributed by atoms with van der Waals surface area (Å²) in [7, 11) is 1.97. The summed E-state index contributed by atoms with van der Waals surface area (Å²) in [6, 6.07) is 0.00965. The maximum absolute atomic E-state index is 12.6. The number of aliphatic hydroxyl groups is 1. The van der Waals surface area contributed by atoms with Gasteiger partial charge in [-0.3, -0.25) is 9.69 Å². The van der Waals surface area contributed by atoms with Crippen molar-refractivity contribution in [2.75, 3.05) is 33.3 Å². The molecule has 1 aromatic heterocycles. The van der Waals surface area contributed by atoms with Crippen molar-refractivity contribution in [3.8, 4) is 0 Å². The molecule has 6 heteroatoms. The van der Waals surface area contributed by atoms with Gasteiger partial charge in [-0.05, 0) is 26.3 Å². The summed E-state index contributed by atoms with van der Waals surface area (Å²) in [5.41, 5.74) is 1.49. The fourth-order valence-corrected chi connectivity index (χ4v) is 3.03. The van der Waals surface area contributed by atoms with Crippen molar-refractivity contribution < 1.29 is 14.4 Å². The van der Waals surface area contributed by atoms with Gasteiger partial charge in [0.25, 0.3) is 5.91 Å². The van der Waals surface area contributed by atoms with Crippen LogP contribution in [0.2, 0.25) is 0 Å². The molecule has 0 bridgehead atoms. The number of amides is 1. The topological polar surface area (TPSA) is 69.8 Å². The number of carbonyl (C=O) groups is 1. The minimum absolute atomic E-state index is 0.00965. The second kappa shape index (κ2) is 5.54. The molecule has 0 aromatic carbocycles. The average molecular weight is 279 g/mol. The van der Waals surface area contributed by atoms with E-state index in [2.05, 4.69) is 10.1 Å². The normalized spacial score (nSPS) is 23.7. The summed E-state index contributed by atoms with van der Waals surface area (Å²) in [4.78, 5) is 16.5. The Morgan fingerprint density at radius 2 is 2.20 bits per heavy atom. The van der Waals surface area contributed by atoms with Crippen LogP contribution in [0.25, 0.3) is 0 Å². The van der Waals surface area contributed by atoms with E-state index >= 15 is 0 Å². The minimum Gasteiger partial charge on any atom is -0.395 e. The largest absolute Gasteiger partial charge is 0.395 e. The quantitative estimate of drug-likeness (QED) is 0.843. The predicted molar refractivity (Wildman–Crippen MR) is 72.6 cm³/mol. The lowest BCUT2D eigenvalue weighted by Crippen LogP contribution is -2.54. The molecule has 0 radical (unpaired) electrons. The molecule has 1 aliphatic heterocycles. The van der Waals surface area contributed by atoms with Crippen molar-refractivity contribution in [2.45, 2.75) is 31.7 Å². The van der Waals surface area contributed by atoms with Crippen LogP contribution in [0.15, 0.2) is 4.52 Å². The van der Waals surface area contributed by atoms with E-state index in [9.17, 15) is 9.90 Å². The molecule has 110 valence electrons. The maximum Gasteiger partial charge on any atom is 0.276 e. The molecule has 1 atom stereocenters. The molecular weight excluding hydrogens is 258 g/mol. The molecule has 1 amide bonds. The number of piperazine rings is 1. The van der Waals surface area contributed by atoms with E-state index in [1.807, 2.05) is 7.05 Å². The third-order valence-electron chi connectivity index (χ3n) is 4.43. The standard InChI is InChI=1S/C14H21N3O3/c1-16-6-7-17(8-10(16)9-18)14(19)13-11-4-2-3-5-12(11)20-15-13/h10,18H,2-9H2,1H3. The molecule has 1 aliphatic carbocycles. The van der Waals surface area contributed by atoms with Crippen molar-refractivity contribution in [1.29, 1.82) is 0 Å². The van der Waals surface area contributed by atoms with Crippen molar-refractivity contribution >= 4 is 5.91 Å². The first-order chi connectivity index (χ1) is 9.70. The monoisotopic (exact) mass is 279 g/mol. The second-order valence-corrected chi connectivity index (χ2v) is 5.71. The van der Waals surface area contributed by atoms with Crippen LogP contribution < -0.4 is 0 Å². The molecule has 1 aromatic rings. The molecule has 3 rings (SSSR count). The molecule has 2 aliphatic rings. The summed E-state index contributed by atoms with van der Waals surface area (Å²) in [5, 5.41) is 13.4. The van der Waals surface area contributed by atoms with Gasteiger partial charge >= 0.3 is 0 Å². The van der Waals surface area contributed by atoms with Gasteiger partial charge < -0.3 is 14.5 Å². The minimum atomic E-state index is -0.0524. The Balaban J connectivity index is 1.77. The molecule has 1 saturated heterocycles. The van der Waals surface area contributed by atoms with Crippen LogP contribution in [0.5, 0.6) is 0 Å². The summed E-state index contributed by atoms with van der Waals surface area (Å²) in [6.07, 6.45) is 3.97. The van der Waals surface area contributed by atoms with Gasteiger partial charge in [0.05, 0.1) is 12.6 Å². The summed E-state index contributed by atoms with van der Waals surface area (Å²) in [6.45, 7) is 2.06. The van der Waals surface area contributed by atoms with E-state index in [4.69, 9.17) is 4.52 Å². The SMILES string of the molecule is CN1CCN(C(=O)c2noc3c2CCCC3)CC1CO. The van der Waals surface area contributed by atoms with Gasteiger partial charge in [0.2, 0.25) is 0 Å². The second-order valence-electron chi connectivity index (χ2n) is 5.71. The Kier molecular flexibility index (Phi) is 3.76. The Morgan fingerprint density at radius 1 is 1.40 bits per heavy atom. The molecule has 2 heterocycles. The number of aliphatic hydroxyl groups excluding tert-OH is 1. The van der Waals surface area contributed by atoms with Crippen LogP contribution >= 0.6 is 0 Å².